The molecule has 4 aliphatic rings. The summed E-state index contributed by atoms with van der Waals surface area (Å²) in [5.41, 5.74) is 1.46. The van der Waals surface area contributed by atoms with Gasteiger partial charge in [-0.15, -0.1) is 0 Å². The molecule has 4 nitrogen and oxygen atoms in total. The predicted octanol–water partition coefficient (Wildman–Crippen LogP) is 3.36. The second kappa shape index (κ2) is 5.10. The molecule has 2 bridgehead atoms. The van der Waals surface area contributed by atoms with Crippen LogP contribution in [0.3, 0.4) is 0 Å². The highest BCUT2D eigenvalue weighted by molar-refractivity contribution is 6.31. The molecule has 4 aliphatic carbocycles. The van der Waals surface area contributed by atoms with Crippen LogP contribution in [0, 0.1) is 42.4 Å². The third-order valence-corrected chi connectivity index (χ3v) is 6.17. The molecule has 0 radical (unpaired) electrons. The van der Waals surface area contributed by atoms with E-state index in [-0.39, 0.29) is 17.7 Å². The minimum atomic E-state index is -0.863. The number of carbonyl (C=O) groups excluding carboxylic acids is 1. The van der Waals surface area contributed by atoms with Crippen molar-refractivity contribution in [1.29, 1.82) is 0 Å². The van der Waals surface area contributed by atoms with Gasteiger partial charge in [-0.2, -0.15) is 0 Å². The number of amides is 1. The summed E-state index contributed by atoms with van der Waals surface area (Å²) in [6, 6.07) is 5.35. The fraction of sp³-hybridized carbons (Fsp3) is 0.444. The monoisotopic (exact) mass is 331 g/mol. The highest BCUT2D eigenvalue weighted by atomic mass is 35.5. The number of carboxylic acids is 1. The average molecular weight is 332 g/mol. The third kappa shape index (κ3) is 2.19. The van der Waals surface area contributed by atoms with E-state index in [1.807, 2.05) is 13.0 Å². The lowest BCUT2D eigenvalue weighted by Gasteiger charge is -2.41. The van der Waals surface area contributed by atoms with Gasteiger partial charge in [0.1, 0.15) is 0 Å². The van der Waals surface area contributed by atoms with E-state index >= 15 is 0 Å². The first kappa shape index (κ1) is 14.8. The van der Waals surface area contributed by atoms with E-state index in [1.54, 1.807) is 18.2 Å². The molecule has 5 rings (SSSR count). The fourth-order valence-corrected chi connectivity index (χ4v) is 4.70. The molecule has 0 aliphatic heterocycles. The normalized spacial score (nSPS) is 36.4. The Balaban J connectivity index is 1.63. The first-order valence-corrected chi connectivity index (χ1v) is 8.34. The van der Waals surface area contributed by atoms with Crippen LogP contribution in [0.15, 0.2) is 30.4 Å². The highest BCUT2D eigenvalue weighted by Gasteiger charge is 2.62. The average Bonchev–Trinajstić information content (AvgIpc) is 3.33. The number of fused-ring (bicyclic) bond motifs is 1. The predicted molar refractivity (Wildman–Crippen MR) is 87.2 cm³/mol. The van der Waals surface area contributed by atoms with Gasteiger partial charge in [0.05, 0.1) is 11.8 Å². The number of halogens is 1. The Bertz CT molecular complexity index is 729. The maximum Gasteiger partial charge on any atom is 0.307 e. The number of hydrogen-bond donors (Lipinski definition) is 2. The number of carbonyl (C=O) groups is 2. The maximum absolute atomic E-state index is 12.8. The van der Waals surface area contributed by atoms with Crippen LogP contribution in [0.5, 0.6) is 0 Å². The van der Waals surface area contributed by atoms with Gasteiger partial charge in [-0.05, 0) is 54.7 Å². The van der Waals surface area contributed by atoms with Crippen LogP contribution >= 0.6 is 11.6 Å². The minimum Gasteiger partial charge on any atom is -0.481 e. The zero-order valence-corrected chi connectivity index (χ0v) is 13.5. The van der Waals surface area contributed by atoms with Gasteiger partial charge in [-0.3, -0.25) is 9.59 Å². The first-order valence-electron chi connectivity index (χ1n) is 7.96. The van der Waals surface area contributed by atoms with Crippen molar-refractivity contribution in [3.63, 3.8) is 0 Å². The number of carboxylic acid groups (broad SMARTS) is 1. The van der Waals surface area contributed by atoms with E-state index in [4.69, 9.17) is 11.6 Å². The Kier molecular flexibility index (Phi) is 3.27. The molecule has 120 valence electrons. The fourth-order valence-electron chi connectivity index (χ4n) is 4.53. The van der Waals surface area contributed by atoms with Gasteiger partial charge >= 0.3 is 5.97 Å². The van der Waals surface area contributed by atoms with Crippen LogP contribution in [0.2, 0.25) is 5.02 Å². The molecular formula is C18H18ClNO3. The van der Waals surface area contributed by atoms with Gasteiger partial charge in [0.25, 0.3) is 0 Å². The molecule has 2 fully saturated rings. The molecule has 1 aromatic carbocycles. The van der Waals surface area contributed by atoms with Gasteiger partial charge < -0.3 is 10.4 Å². The first-order chi connectivity index (χ1) is 11.0. The van der Waals surface area contributed by atoms with E-state index in [0.717, 1.165) is 12.0 Å². The van der Waals surface area contributed by atoms with Crippen molar-refractivity contribution in [1.82, 2.24) is 0 Å². The molecule has 0 spiro atoms. The lowest BCUT2D eigenvalue weighted by Crippen LogP contribution is -2.48. The van der Waals surface area contributed by atoms with Crippen LogP contribution < -0.4 is 5.32 Å². The summed E-state index contributed by atoms with van der Waals surface area (Å²) in [6.07, 6.45) is 5.13. The van der Waals surface area contributed by atoms with Crippen LogP contribution in [0.4, 0.5) is 5.69 Å². The highest BCUT2D eigenvalue weighted by Crippen LogP contribution is 2.63. The van der Waals surface area contributed by atoms with Crippen molar-refractivity contribution in [2.24, 2.45) is 35.5 Å². The van der Waals surface area contributed by atoms with Crippen molar-refractivity contribution in [3.05, 3.63) is 40.9 Å². The number of nitrogens with one attached hydrogen (secondary N) is 1. The zero-order chi connectivity index (χ0) is 16.3. The molecule has 1 aromatic rings. The van der Waals surface area contributed by atoms with Crippen molar-refractivity contribution in [2.45, 2.75) is 13.3 Å². The summed E-state index contributed by atoms with van der Waals surface area (Å²) in [5.74, 6) is -1.19. The molecule has 2 N–H and O–H groups in total. The topological polar surface area (TPSA) is 66.4 Å². The SMILES string of the molecule is Cc1c(Cl)cccc1NC(=O)[C@H]1[C@H]2C=C[C@@H]([C@@H]3C[C@H]23)[C@@H]1C(=O)O. The van der Waals surface area contributed by atoms with Gasteiger partial charge in [0, 0.05) is 10.7 Å². The summed E-state index contributed by atoms with van der Waals surface area (Å²) in [7, 11) is 0. The Morgan fingerprint density at radius 3 is 2.48 bits per heavy atom. The molecule has 1 amide bonds. The molecule has 0 heterocycles. The van der Waals surface area contributed by atoms with Crippen molar-refractivity contribution < 1.29 is 14.7 Å². The Morgan fingerprint density at radius 1 is 1.17 bits per heavy atom. The van der Waals surface area contributed by atoms with E-state index in [9.17, 15) is 14.7 Å². The number of benzene rings is 1. The molecule has 6 atom stereocenters. The summed E-state index contributed by atoms with van der Waals surface area (Å²) in [4.78, 5) is 24.6. The Labute approximate surface area is 139 Å². The van der Waals surface area contributed by atoms with Crippen LogP contribution in [0.25, 0.3) is 0 Å². The van der Waals surface area contributed by atoms with Crippen molar-refractivity contribution in [3.8, 4) is 0 Å². The van der Waals surface area contributed by atoms with Gasteiger partial charge in [-0.1, -0.05) is 29.8 Å². The van der Waals surface area contributed by atoms with Crippen molar-refractivity contribution in [2.75, 3.05) is 5.32 Å². The molecule has 0 unspecified atom stereocenters. The zero-order valence-electron chi connectivity index (χ0n) is 12.7. The van der Waals surface area contributed by atoms with Crippen molar-refractivity contribution >= 4 is 29.2 Å². The van der Waals surface area contributed by atoms with E-state index in [0.29, 0.717) is 22.5 Å². The third-order valence-electron chi connectivity index (χ3n) is 5.77. The van der Waals surface area contributed by atoms with Crippen LogP contribution in [-0.4, -0.2) is 17.0 Å². The number of rotatable bonds is 3. The maximum atomic E-state index is 12.8. The molecule has 23 heavy (non-hydrogen) atoms. The van der Waals surface area contributed by atoms with E-state index < -0.39 is 17.8 Å². The summed E-state index contributed by atoms with van der Waals surface area (Å²) in [6.45, 7) is 1.84. The summed E-state index contributed by atoms with van der Waals surface area (Å²) < 4.78 is 0. The number of allylic oxidation sites excluding steroid dienone is 2. The van der Waals surface area contributed by atoms with Gasteiger partial charge in [-0.25, -0.2) is 0 Å². The molecule has 0 saturated heterocycles. The van der Waals surface area contributed by atoms with E-state index in [2.05, 4.69) is 11.4 Å². The van der Waals surface area contributed by atoms with Gasteiger partial charge in [0.2, 0.25) is 5.91 Å². The van der Waals surface area contributed by atoms with Crippen LogP contribution in [0.1, 0.15) is 12.0 Å². The second-order valence-electron chi connectivity index (χ2n) is 6.89. The molecule has 0 aromatic heterocycles. The quantitative estimate of drug-likeness (QED) is 0.835. The lowest BCUT2D eigenvalue weighted by atomic mass is 9.62. The molecule has 5 heteroatoms. The van der Waals surface area contributed by atoms with Gasteiger partial charge in [0.15, 0.2) is 0 Å². The van der Waals surface area contributed by atoms with E-state index in [1.165, 1.54) is 0 Å². The smallest absolute Gasteiger partial charge is 0.307 e. The summed E-state index contributed by atoms with van der Waals surface area (Å²) >= 11 is 6.10. The largest absolute Gasteiger partial charge is 0.481 e. The molecule has 2 saturated carbocycles. The number of anilines is 1. The molecular weight excluding hydrogens is 314 g/mol. The standard InChI is InChI=1S/C18H18ClNO3/c1-8-13(19)3-2-4-14(8)20-17(21)15-9-5-6-10(12-7-11(9)12)16(15)18(22)23/h2-6,9-12,15-16H,7H2,1H3,(H,20,21)(H,22,23)/t9-,10-,11+,12-,15-,16-/m0/s1. The minimum absolute atomic E-state index is 0.00120. The summed E-state index contributed by atoms with van der Waals surface area (Å²) in [5, 5.41) is 13.1. The number of aliphatic carboxylic acids is 1. The Morgan fingerprint density at radius 2 is 1.83 bits per heavy atom. The Hall–Kier alpha value is -1.81. The second-order valence-corrected chi connectivity index (χ2v) is 7.30. The number of hydrogen-bond acceptors (Lipinski definition) is 2. The van der Waals surface area contributed by atoms with Crippen LogP contribution in [-0.2, 0) is 9.59 Å². The lowest BCUT2D eigenvalue weighted by molar-refractivity contribution is -0.152.